The standard InChI is InChI=1S/C22H15Cl2N3O4/c1-25-22-20(27(29)30)17(13-8-10(23)9-14(24)21(13)31-22)18-16(28)7-6-12-11-4-2-3-5-15(11)26-19(12)18/h2-9,17,25-26,28H,1H3. The van der Waals surface area contributed by atoms with E-state index in [-0.39, 0.29) is 28.1 Å². The van der Waals surface area contributed by atoms with Crippen molar-refractivity contribution in [3.05, 3.63) is 91.4 Å². The molecule has 1 atom stereocenters. The van der Waals surface area contributed by atoms with Crippen LogP contribution in [0.5, 0.6) is 11.5 Å². The first-order valence-electron chi connectivity index (χ1n) is 9.36. The zero-order valence-corrected chi connectivity index (χ0v) is 17.6. The summed E-state index contributed by atoms with van der Waals surface area (Å²) in [6.45, 7) is 0. The minimum atomic E-state index is -0.992. The van der Waals surface area contributed by atoms with Gasteiger partial charge in [0.05, 0.1) is 15.5 Å². The average molecular weight is 456 g/mol. The minimum Gasteiger partial charge on any atom is -0.508 e. The molecule has 0 saturated heterocycles. The normalized spacial score (nSPS) is 15.8. The lowest BCUT2D eigenvalue weighted by Gasteiger charge is -2.27. The Hall–Kier alpha value is -3.42. The summed E-state index contributed by atoms with van der Waals surface area (Å²) in [5.74, 6) is -0.894. The van der Waals surface area contributed by atoms with Crippen LogP contribution >= 0.6 is 23.2 Å². The number of H-pyrrole nitrogens is 1. The number of aromatic amines is 1. The molecule has 5 rings (SSSR count). The Balaban J connectivity index is 1.93. The van der Waals surface area contributed by atoms with Crippen molar-refractivity contribution in [3.63, 3.8) is 0 Å². The van der Waals surface area contributed by atoms with Crippen molar-refractivity contribution in [1.82, 2.24) is 10.3 Å². The van der Waals surface area contributed by atoms with Crippen LogP contribution in [-0.2, 0) is 0 Å². The van der Waals surface area contributed by atoms with Gasteiger partial charge >= 0.3 is 5.70 Å². The van der Waals surface area contributed by atoms with Crippen LogP contribution in [0.25, 0.3) is 21.8 Å². The van der Waals surface area contributed by atoms with Gasteiger partial charge in [-0.2, -0.15) is 0 Å². The first-order valence-corrected chi connectivity index (χ1v) is 10.1. The Morgan fingerprint density at radius 3 is 2.68 bits per heavy atom. The predicted octanol–water partition coefficient (Wildman–Crippen LogP) is 5.52. The molecule has 31 heavy (non-hydrogen) atoms. The van der Waals surface area contributed by atoms with Gasteiger partial charge in [-0.15, -0.1) is 0 Å². The number of hydrogen-bond donors (Lipinski definition) is 3. The number of para-hydroxylation sites is 1. The maximum absolute atomic E-state index is 12.2. The van der Waals surface area contributed by atoms with Gasteiger partial charge in [-0.05, 0) is 30.3 Å². The van der Waals surface area contributed by atoms with E-state index in [1.807, 2.05) is 24.3 Å². The van der Waals surface area contributed by atoms with Crippen LogP contribution in [0, 0.1) is 10.1 Å². The fourth-order valence-electron chi connectivity index (χ4n) is 4.22. The van der Waals surface area contributed by atoms with Crippen molar-refractivity contribution in [2.24, 2.45) is 0 Å². The van der Waals surface area contributed by atoms with E-state index >= 15 is 0 Å². The third-order valence-electron chi connectivity index (χ3n) is 5.47. The molecule has 4 aromatic rings. The Labute approximate surface area is 186 Å². The van der Waals surface area contributed by atoms with Crippen molar-refractivity contribution >= 4 is 45.0 Å². The second-order valence-electron chi connectivity index (χ2n) is 7.15. The summed E-state index contributed by atoms with van der Waals surface area (Å²) in [5.41, 5.74) is 1.92. The molecule has 1 aliphatic heterocycles. The van der Waals surface area contributed by atoms with E-state index in [1.165, 1.54) is 19.2 Å². The predicted molar refractivity (Wildman–Crippen MR) is 119 cm³/mol. The lowest BCUT2D eigenvalue weighted by molar-refractivity contribution is -0.432. The summed E-state index contributed by atoms with van der Waals surface area (Å²) in [6, 6.07) is 14.1. The number of fused-ring (bicyclic) bond motifs is 4. The number of phenolic OH excluding ortho intramolecular Hbond substituents is 1. The average Bonchev–Trinajstić information content (AvgIpc) is 3.11. The van der Waals surface area contributed by atoms with Crippen LogP contribution in [0.2, 0.25) is 10.0 Å². The number of ether oxygens (including phenoxy) is 1. The van der Waals surface area contributed by atoms with E-state index in [0.717, 1.165) is 16.3 Å². The number of aromatic nitrogens is 1. The molecule has 156 valence electrons. The molecule has 1 unspecified atom stereocenters. The monoisotopic (exact) mass is 455 g/mol. The molecular weight excluding hydrogens is 441 g/mol. The van der Waals surface area contributed by atoms with Crippen molar-refractivity contribution in [3.8, 4) is 11.5 Å². The van der Waals surface area contributed by atoms with Gasteiger partial charge in [-0.1, -0.05) is 41.4 Å². The summed E-state index contributed by atoms with van der Waals surface area (Å²) in [5, 5.41) is 28.1. The van der Waals surface area contributed by atoms with Gasteiger partial charge in [-0.3, -0.25) is 10.1 Å². The maximum atomic E-state index is 12.2. The van der Waals surface area contributed by atoms with Crippen LogP contribution < -0.4 is 10.1 Å². The summed E-state index contributed by atoms with van der Waals surface area (Å²) >= 11 is 12.6. The molecule has 7 nitrogen and oxygen atoms in total. The highest BCUT2D eigenvalue weighted by Crippen LogP contribution is 2.50. The van der Waals surface area contributed by atoms with Gasteiger partial charge in [0.1, 0.15) is 11.7 Å². The maximum Gasteiger partial charge on any atom is 0.317 e. The van der Waals surface area contributed by atoms with E-state index in [0.29, 0.717) is 21.7 Å². The van der Waals surface area contributed by atoms with Crippen LogP contribution in [0.3, 0.4) is 0 Å². The molecule has 1 aliphatic rings. The van der Waals surface area contributed by atoms with Gasteiger partial charge in [0.25, 0.3) is 5.88 Å². The van der Waals surface area contributed by atoms with Gasteiger partial charge in [0.2, 0.25) is 0 Å². The number of benzene rings is 3. The fraction of sp³-hybridized carbons (Fsp3) is 0.0909. The van der Waals surface area contributed by atoms with E-state index < -0.39 is 10.8 Å². The number of rotatable bonds is 3. The highest BCUT2D eigenvalue weighted by Gasteiger charge is 2.43. The quantitative estimate of drug-likeness (QED) is 0.278. The largest absolute Gasteiger partial charge is 0.508 e. The SMILES string of the molecule is CNC1=C([N+](=O)[O-])C(c2c(O)ccc3c2[nH]c2ccccc23)c2cc(Cl)cc(Cl)c2O1. The fourth-order valence-corrected chi connectivity index (χ4v) is 4.76. The molecule has 3 N–H and O–H groups in total. The molecule has 0 spiro atoms. The summed E-state index contributed by atoms with van der Waals surface area (Å²) in [4.78, 5) is 15.0. The molecular formula is C22H15Cl2N3O4. The van der Waals surface area contributed by atoms with Gasteiger partial charge in [0.15, 0.2) is 5.75 Å². The zero-order chi connectivity index (χ0) is 21.9. The molecule has 0 radical (unpaired) electrons. The van der Waals surface area contributed by atoms with Gasteiger partial charge < -0.3 is 20.1 Å². The third kappa shape index (κ3) is 2.89. The van der Waals surface area contributed by atoms with Crippen LogP contribution in [0.1, 0.15) is 17.0 Å². The Morgan fingerprint density at radius 1 is 1.16 bits per heavy atom. The van der Waals surface area contributed by atoms with Gasteiger partial charge in [0, 0.05) is 39.5 Å². The second-order valence-corrected chi connectivity index (χ2v) is 8.00. The van der Waals surface area contributed by atoms with Crippen LogP contribution in [-0.4, -0.2) is 22.1 Å². The summed E-state index contributed by atoms with van der Waals surface area (Å²) in [6.07, 6.45) is 0. The second kappa shape index (κ2) is 7.08. The summed E-state index contributed by atoms with van der Waals surface area (Å²) in [7, 11) is 1.52. The Morgan fingerprint density at radius 2 is 1.94 bits per heavy atom. The number of phenols is 1. The molecule has 0 bridgehead atoms. The van der Waals surface area contributed by atoms with E-state index in [9.17, 15) is 15.2 Å². The number of halogens is 2. The topological polar surface area (TPSA) is 100 Å². The van der Waals surface area contributed by atoms with E-state index in [4.69, 9.17) is 27.9 Å². The number of nitrogens with zero attached hydrogens (tertiary/aromatic N) is 1. The van der Waals surface area contributed by atoms with Crippen molar-refractivity contribution in [2.45, 2.75) is 5.92 Å². The molecule has 0 amide bonds. The number of hydrogen-bond acceptors (Lipinski definition) is 5. The minimum absolute atomic E-state index is 0.0563. The molecule has 9 heteroatoms. The van der Waals surface area contributed by atoms with Crippen molar-refractivity contribution in [2.75, 3.05) is 7.05 Å². The molecule has 3 aromatic carbocycles. The lowest BCUT2D eigenvalue weighted by Crippen LogP contribution is -2.28. The molecule has 0 aliphatic carbocycles. The van der Waals surface area contributed by atoms with Crippen molar-refractivity contribution in [1.29, 1.82) is 0 Å². The van der Waals surface area contributed by atoms with Crippen LogP contribution in [0.4, 0.5) is 0 Å². The molecule has 1 aromatic heterocycles. The smallest absolute Gasteiger partial charge is 0.317 e. The lowest BCUT2D eigenvalue weighted by atomic mass is 9.84. The first-order chi connectivity index (χ1) is 14.9. The van der Waals surface area contributed by atoms with Crippen molar-refractivity contribution < 1.29 is 14.8 Å². The molecule has 2 heterocycles. The zero-order valence-electron chi connectivity index (χ0n) is 16.1. The highest BCUT2D eigenvalue weighted by atomic mass is 35.5. The first kappa shape index (κ1) is 19.5. The van der Waals surface area contributed by atoms with Gasteiger partial charge in [-0.25, -0.2) is 0 Å². The van der Waals surface area contributed by atoms with Crippen LogP contribution in [0.15, 0.2) is 60.1 Å². The van der Waals surface area contributed by atoms with E-state index in [1.54, 1.807) is 12.1 Å². The summed E-state index contributed by atoms with van der Waals surface area (Å²) < 4.78 is 5.75. The van der Waals surface area contributed by atoms with E-state index in [2.05, 4.69) is 10.3 Å². The molecule has 0 fully saturated rings. The number of aromatic hydroxyl groups is 1. The number of nitro groups is 1. The molecule has 0 saturated carbocycles. The highest BCUT2D eigenvalue weighted by molar-refractivity contribution is 6.35. The Kier molecular flexibility index (Phi) is 4.46. The third-order valence-corrected chi connectivity index (χ3v) is 5.97. The number of nitrogens with one attached hydrogen (secondary N) is 2. The Bertz CT molecular complexity index is 1430. The number of allylic oxidation sites excluding steroid dienone is 1.